The number of carbonyl (C=O) groups is 1. The lowest BCUT2D eigenvalue weighted by molar-refractivity contribution is 0.102. The lowest BCUT2D eigenvalue weighted by Crippen LogP contribution is -2.14. The molecular weight excluding hydrogens is 302 g/mol. The molecule has 2 aromatic carbocycles. The summed E-state index contributed by atoms with van der Waals surface area (Å²) in [5.74, 6) is -2.22. The molecule has 110 valence electrons. The van der Waals surface area contributed by atoms with E-state index >= 15 is 0 Å². The van der Waals surface area contributed by atoms with Gasteiger partial charge in [0.2, 0.25) is 0 Å². The van der Waals surface area contributed by atoms with Gasteiger partial charge in [0.15, 0.2) is 0 Å². The Morgan fingerprint density at radius 3 is 2.62 bits per heavy atom. The van der Waals surface area contributed by atoms with E-state index in [1.165, 1.54) is 25.3 Å². The van der Waals surface area contributed by atoms with Crippen LogP contribution in [0.2, 0.25) is 5.02 Å². The van der Waals surface area contributed by atoms with Gasteiger partial charge in [0.25, 0.3) is 5.91 Å². The van der Waals surface area contributed by atoms with E-state index in [2.05, 4.69) is 5.32 Å². The number of nitrogens with two attached hydrogens (primary N) is 1. The van der Waals surface area contributed by atoms with Gasteiger partial charge in [0, 0.05) is 11.1 Å². The SMILES string of the molecule is COc1cc(Cl)ccc1C(=O)Nc1cc(N)c(F)cc1F. The summed E-state index contributed by atoms with van der Waals surface area (Å²) in [4.78, 5) is 12.1. The summed E-state index contributed by atoms with van der Waals surface area (Å²) < 4.78 is 31.7. The zero-order valence-corrected chi connectivity index (χ0v) is 11.7. The highest BCUT2D eigenvalue weighted by atomic mass is 35.5. The van der Waals surface area contributed by atoms with Gasteiger partial charge in [0.1, 0.15) is 17.4 Å². The first-order valence-electron chi connectivity index (χ1n) is 5.81. The van der Waals surface area contributed by atoms with Crippen molar-refractivity contribution in [2.75, 3.05) is 18.2 Å². The number of rotatable bonds is 3. The maximum atomic E-state index is 13.6. The molecule has 3 N–H and O–H groups in total. The Labute approximate surface area is 124 Å². The number of hydrogen-bond acceptors (Lipinski definition) is 3. The average molecular weight is 313 g/mol. The predicted molar refractivity (Wildman–Crippen MR) is 76.7 cm³/mol. The monoisotopic (exact) mass is 312 g/mol. The molecule has 0 aliphatic rings. The van der Waals surface area contributed by atoms with E-state index in [4.69, 9.17) is 22.1 Å². The Hall–Kier alpha value is -2.34. The van der Waals surface area contributed by atoms with Crippen LogP contribution >= 0.6 is 11.6 Å². The van der Waals surface area contributed by atoms with Crippen LogP contribution in [0, 0.1) is 11.6 Å². The second-order valence-corrected chi connectivity index (χ2v) is 4.59. The summed E-state index contributed by atoms with van der Waals surface area (Å²) >= 11 is 5.79. The molecule has 0 aromatic heterocycles. The highest BCUT2D eigenvalue weighted by molar-refractivity contribution is 6.31. The topological polar surface area (TPSA) is 64.3 Å². The fourth-order valence-corrected chi connectivity index (χ4v) is 1.87. The molecule has 0 unspecified atom stereocenters. The molecular formula is C14H11ClF2N2O2. The number of benzene rings is 2. The van der Waals surface area contributed by atoms with Gasteiger partial charge in [-0.3, -0.25) is 4.79 Å². The number of carbonyl (C=O) groups excluding carboxylic acids is 1. The van der Waals surface area contributed by atoms with Crippen molar-refractivity contribution in [2.45, 2.75) is 0 Å². The Morgan fingerprint density at radius 2 is 1.95 bits per heavy atom. The van der Waals surface area contributed by atoms with Crippen LogP contribution in [0.3, 0.4) is 0 Å². The van der Waals surface area contributed by atoms with Gasteiger partial charge >= 0.3 is 0 Å². The zero-order chi connectivity index (χ0) is 15.6. The molecule has 0 aliphatic carbocycles. The fraction of sp³-hybridized carbons (Fsp3) is 0.0714. The van der Waals surface area contributed by atoms with Gasteiger partial charge in [-0.25, -0.2) is 8.78 Å². The molecule has 0 atom stereocenters. The summed E-state index contributed by atoms with van der Waals surface area (Å²) in [7, 11) is 1.37. The minimum absolute atomic E-state index is 0.157. The van der Waals surface area contributed by atoms with Crippen LogP contribution in [0.1, 0.15) is 10.4 Å². The van der Waals surface area contributed by atoms with Gasteiger partial charge in [0.05, 0.1) is 24.0 Å². The summed E-state index contributed by atoms with van der Waals surface area (Å²) in [6.45, 7) is 0. The van der Waals surface area contributed by atoms with E-state index < -0.39 is 17.5 Å². The van der Waals surface area contributed by atoms with Crippen molar-refractivity contribution in [1.82, 2.24) is 0 Å². The van der Waals surface area contributed by atoms with E-state index in [1.54, 1.807) is 0 Å². The maximum absolute atomic E-state index is 13.6. The summed E-state index contributed by atoms with van der Waals surface area (Å²) in [5.41, 5.74) is 5.01. The third-order valence-electron chi connectivity index (χ3n) is 2.74. The molecule has 0 fully saturated rings. The number of ether oxygens (including phenoxy) is 1. The smallest absolute Gasteiger partial charge is 0.259 e. The molecule has 21 heavy (non-hydrogen) atoms. The number of nitrogen functional groups attached to an aromatic ring is 1. The van der Waals surface area contributed by atoms with Gasteiger partial charge in [-0.2, -0.15) is 0 Å². The second kappa shape index (κ2) is 5.97. The van der Waals surface area contributed by atoms with E-state index in [-0.39, 0.29) is 22.7 Å². The standard InChI is InChI=1S/C14H11ClF2N2O2/c1-21-13-4-7(15)2-3-8(13)14(20)19-12-6-11(18)9(16)5-10(12)17/h2-6H,18H2,1H3,(H,19,20). The van der Waals surface area contributed by atoms with Crippen molar-refractivity contribution in [2.24, 2.45) is 0 Å². The number of halogens is 3. The Morgan fingerprint density at radius 1 is 1.24 bits per heavy atom. The normalized spacial score (nSPS) is 10.3. The quantitative estimate of drug-likeness (QED) is 0.853. The van der Waals surface area contributed by atoms with E-state index in [0.29, 0.717) is 11.1 Å². The van der Waals surface area contributed by atoms with Crippen LogP contribution in [0.25, 0.3) is 0 Å². The van der Waals surface area contributed by atoms with Crippen molar-refractivity contribution in [3.8, 4) is 5.75 Å². The van der Waals surface area contributed by atoms with Crippen LogP contribution in [0.5, 0.6) is 5.75 Å². The minimum atomic E-state index is -0.928. The van der Waals surface area contributed by atoms with Crippen molar-refractivity contribution in [1.29, 1.82) is 0 Å². The van der Waals surface area contributed by atoms with E-state index in [0.717, 1.165) is 6.07 Å². The highest BCUT2D eigenvalue weighted by Gasteiger charge is 2.16. The van der Waals surface area contributed by atoms with Gasteiger partial charge in [-0.1, -0.05) is 11.6 Å². The van der Waals surface area contributed by atoms with E-state index in [1.807, 2.05) is 0 Å². The van der Waals surface area contributed by atoms with Crippen LogP contribution in [0.4, 0.5) is 20.2 Å². The fourth-order valence-electron chi connectivity index (χ4n) is 1.70. The van der Waals surface area contributed by atoms with Gasteiger partial charge in [-0.15, -0.1) is 0 Å². The first-order valence-corrected chi connectivity index (χ1v) is 6.19. The second-order valence-electron chi connectivity index (χ2n) is 4.15. The number of amides is 1. The maximum Gasteiger partial charge on any atom is 0.259 e. The van der Waals surface area contributed by atoms with Gasteiger partial charge in [-0.05, 0) is 24.3 Å². The molecule has 0 heterocycles. The molecule has 2 rings (SSSR count). The highest BCUT2D eigenvalue weighted by Crippen LogP contribution is 2.26. The van der Waals surface area contributed by atoms with E-state index in [9.17, 15) is 13.6 Å². The third kappa shape index (κ3) is 3.22. The van der Waals surface area contributed by atoms with Crippen molar-refractivity contribution in [3.05, 3.63) is 52.6 Å². The first-order chi connectivity index (χ1) is 9.92. The number of methoxy groups -OCH3 is 1. The molecule has 0 bridgehead atoms. The molecule has 0 saturated carbocycles. The van der Waals surface area contributed by atoms with Crippen LogP contribution in [0.15, 0.2) is 30.3 Å². The lowest BCUT2D eigenvalue weighted by atomic mass is 10.1. The Kier molecular flexibility index (Phi) is 4.28. The molecule has 0 radical (unpaired) electrons. The molecule has 7 heteroatoms. The minimum Gasteiger partial charge on any atom is -0.496 e. The molecule has 0 aliphatic heterocycles. The van der Waals surface area contributed by atoms with Crippen molar-refractivity contribution < 1.29 is 18.3 Å². The molecule has 2 aromatic rings. The molecule has 1 amide bonds. The number of anilines is 2. The Bertz CT molecular complexity index is 708. The number of nitrogens with one attached hydrogen (secondary N) is 1. The summed E-state index contributed by atoms with van der Waals surface area (Å²) in [5, 5.41) is 2.69. The third-order valence-corrected chi connectivity index (χ3v) is 2.98. The van der Waals surface area contributed by atoms with Crippen molar-refractivity contribution in [3.63, 3.8) is 0 Å². The Balaban J connectivity index is 2.32. The first kappa shape index (κ1) is 15.1. The molecule has 0 saturated heterocycles. The number of hydrogen-bond donors (Lipinski definition) is 2. The molecule has 0 spiro atoms. The lowest BCUT2D eigenvalue weighted by Gasteiger charge is -2.11. The summed E-state index contributed by atoms with van der Waals surface area (Å²) in [6.07, 6.45) is 0. The van der Waals surface area contributed by atoms with Gasteiger partial charge < -0.3 is 15.8 Å². The largest absolute Gasteiger partial charge is 0.496 e. The van der Waals surface area contributed by atoms with Crippen molar-refractivity contribution >= 4 is 28.9 Å². The molecule has 4 nitrogen and oxygen atoms in total. The van der Waals surface area contributed by atoms with Crippen LogP contribution in [-0.4, -0.2) is 13.0 Å². The zero-order valence-electron chi connectivity index (χ0n) is 10.9. The van der Waals surface area contributed by atoms with Crippen LogP contribution < -0.4 is 15.8 Å². The van der Waals surface area contributed by atoms with Crippen LogP contribution in [-0.2, 0) is 0 Å². The average Bonchev–Trinajstić information content (AvgIpc) is 2.44. The summed E-state index contributed by atoms with van der Waals surface area (Å²) in [6, 6.07) is 5.98. The predicted octanol–water partition coefficient (Wildman–Crippen LogP) is 3.46.